The highest BCUT2D eigenvalue weighted by Gasteiger charge is 2.33. The standard InChI is InChI=1S/C15H30N2O/c1-13(11-14-7-4-5-9-16-14)17-10-6-8-15(2,12-17)18-3/h13-14,16H,4-12H2,1-3H3. The lowest BCUT2D eigenvalue weighted by Gasteiger charge is -2.43. The molecule has 2 rings (SSSR count). The van der Waals surface area contributed by atoms with Crippen LogP contribution < -0.4 is 5.32 Å². The molecule has 0 aromatic rings. The summed E-state index contributed by atoms with van der Waals surface area (Å²) in [6.07, 6.45) is 7.89. The Bertz CT molecular complexity index is 253. The van der Waals surface area contributed by atoms with Crippen LogP contribution in [0.25, 0.3) is 0 Å². The van der Waals surface area contributed by atoms with Crippen LogP contribution in [0.5, 0.6) is 0 Å². The molecular weight excluding hydrogens is 224 g/mol. The number of nitrogens with one attached hydrogen (secondary N) is 1. The Kier molecular flexibility index (Phi) is 5.05. The van der Waals surface area contributed by atoms with Gasteiger partial charge in [-0.15, -0.1) is 0 Å². The normalized spacial score (nSPS) is 36.5. The Morgan fingerprint density at radius 2 is 2.22 bits per heavy atom. The number of methoxy groups -OCH3 is 1. The minimum atomic E-state index is 0.0759. The van der Waals surface area contributed by atoms with E-state index >= 15 is 0 Å². The van der Waals surface area contributed by atoms with Crippen LogP contribution in [-0.4, -0.2) is 49.3 Å². The van der Waals surface area contributed by atoms with Crippen molar-refractivity contribution in [3.63, 3.8) is 0 Å². The van der Waals surface area contributed by atoms with E-state index in [1.807, 2.05) is 7.11 Å². The number of nitrogens with zero attached hydrogens (tertiary/aromatic N) is 1. The fraction of sp³-hybridized carbons (Fsp3) is 1.00. The van der Waals surface area contributed by atoms with Gasteiger partial charge in [0.15, 0.2) is 0 Å². The van der Waals surface area contributed by atoms with Crippen molar-refractivity contribution < 1.29 is 4.74 Å². The molecule has 2 aliphatic heterocycles. The SMILES string of the molecule is COC1(C)CCCN(C(C)CC2CCCCN2)C1. The lowest BCUT2D eigenvalue weighted by Crippen LogP contribution is -2.52. The molecule has 106 valence electrons. The zero-order valence-corrected chi connectivity index (χ0v) is 12.4. The van der Waals surface area contributed by atoms with E-state index < -0.39 is 0 Å². The van der Waals surface area contributed by atoms with E-state index in [1.165, 1.54) is 51.6 Å². The minimum Gasteiger partial charge on any atom is -0.377 e. The van der Waals surface area contributed by atoms with E-state index in [1.54, 1.807) is 0 Å². The molecule has 0 aromatic heterocycles. The molecule has 1 N–H and O–H groups in total. The maximum absolute atomic E-state index is 5.69. The van der Waals surface area contributed by atoms with Gasteiger partial charge in [0.2, 0.25) is 0 Å². The van der Waals surface area contributed by atoms with Gasteiger partial charge in [-0.3, -0.25) is 4.90 Å². The van der Waals surface area contributed by atoms with Gasteiger partial charge in [-0.25, -0.2) is 0 Å². The molecule has 0 amide bonds. The van der Waals surface area contributed by atoms with Gasteiger partial charge in [0.25, 0.3) is 0 Å². The van der Waals surface area contributed by atoms with Crippen molar-refractivity contribution in [1.29, 1.82) is 0 Å². The van der Waals surface area contributed by atoms with Crippen molar-refractivity contribution in [2.24, 2.45) is 0 Å². The largest absolute Gasteiger partial charge is 0.377 e. The van der Waals surface area contributed by atoms with Gasteiger partial charge in [-0.05, 0) is 59.0 Å². The van der Waals surface area contributed by atoms with E-state index in [0.717, 1.165) is 12.6 Å². The summed E-state index contributed by atoms with van der Waals surface area (Å²) in [5.74, 6) is 0. The fourth-order valence-electron chi connectivity index (χ4n) is 3.47. The van der Waals surface area contributed by atoms with Gasteiger partial charge >= 0.3 is 0 Å². The van der Waals surface area contributed by atoms with Gasteiger partial charge in [-0.1, -0.05) is 6.42 Å². The Hall–Kier alpha value is -0.120. The number of hydrogen-bond donors (Lipinski definition) is 1. The quantitative estimate of drug-likeness (QED) is 0.834. The molecule has 0 saturated carbocycles. The van der Waals surface area contributed by atoms with Crippen molar-refractivity contribution in [3.05, 3.63) is 0 Å². The van der Waals surface area contributed by atoms with Crippen LogP contribution in [0.3, 0.4) is 0 Å². The fourth-order valence-corrected chi connectivity index (χ4v) is 3.47. The molecule has 18 heavy (non-hydrogen) atoms. The first-order chi connectivity index (χ1) is 8.63. The smallest absolute Gasteiger partial charge is 0.0777 e. The molecule has 0 bridgehead atoms. The highest BCUT2D eigenvalue weighted by atomic mass is 16.5. The highest BCUT2D eigenvalue weighted by molar-refractivity contribution is 4.88. The first kappa shape index (κ1) is 14.3. The molecule has 0 radical (unpaired) electrons. The summed E-state index contributed by atoms with van der Waals surface area (Å²) in [7, 11) is 1.86. The van der Waals surface area contributed by atoms with Crippen LogP contribution in [0, 0.1) is 0 Å². The van der Waals surface area contributed by atoms with Gasteiger partial charge in [0.1, 0.15) is 0 Å². The summed E-state index contributed by atoms with van der Waals surface area (Å²) in [5.41, 5.74) is 0.0759. The van der Waals surface area contributed by atoms with Gasteiger partial charge in [0.05, 0.1) is 5.60 Å². The lowest BCUT2D eigenvalue weighted by molar-refractivity contribution is -0.0611. The van der Waals surface area contributed by atoms with Crippen LogP contribution >= 0.6 is 0 Å². The Morgan fingerprint density at radius 3 is 2.89 bits per heavy atom. The predicted molar refractivity (Wildman–Crippen MR) is 75.9 cm³/mol. The Labute approximate surface area is 112 Å². The van der Waals surface area contributed by atoms with Gasteiger partial charge in [-0.2, -0.15) is 0 Å². The van der Waals surface area contributed by atoms with Crippen LogP contribution in [0.2, 0.25) is 0 Å². The molecular formula is C15H30N2O. The Balaban J connectivity index is 1.82. The van der Waals surface area contributed by atoms with Crippen LogP contribution in [0.4, 0.5) is 0 Å². The van der Waals surface area contributed by atoms with Crippen molar-refractivity contribution in [1.82, 2.24) is 10.2 Å². The number of piperidine rings is 2. The molecule has 2 heterocycles. The maximum atomic E-state index is 5.69. The van der Waals surface area contributed by atoms with Crippen molar-refractivity contribution in [2.75, 3.05) is 26.7 Å². The van der Waals surface area contributed by atoms with E-state index in [9.17, 15) is 0 Å². The number of likely N-dealkylation sites (tertiary alicyclic amines) is 1. The molecule has 3 atom stereocenters. The first-order valence-corrected chi connectivity index (χ1v) is 7.65. The molecule has 3 nitrogen and oxygen atoms in total. The molecule has 2 aliphatic rings. The number of ether oxygens (including phenoxy) is 1. The lowest BCUT2D eigenvalue weighted by atomic mass is 9.91. The zero-order chi connectivity index (χ0) is 13.0. The highest BCUT2D eigenvalue weighted by Crippen LogP contribution is 2.26. The van der Waals surface area contributed by atoms with Crippen LogP contribution in [0.15, 0.2) is 0 Å². The second kappa shape index (κ2) is 6.36. The number of rotatable bonds is 4. The summed E-state index contributed by atoms with van der Waals surface area (Å²) in [5, 5.41) is 3.67. The minimum absolute atomic E-state index is 0.0759. The molecule has 0 aliphatic carbocycles. The molecule has 3 heteroatoms. The monoisotopic (exact) mass is 254 g/mol. The summed E-state index contributed by atoms with van der Waals surface area (Å²) in [6, 6.07) is 1.42. The number of hydrogen-bond acceptors (Lipinski definition) is 3. The summed E-state index contributed by atoms with van der Waals surface area (Å²) < 4.78 is 5.69. The summed E-state index contributed by atoms with van der Waals surface area (Å²) in [4.78, 5) is 2.63. The van der Waals surface area contributed by atoms with Gasteiger partial charge in [0, 0.05) is 25.7 Å². The van der Waals surface area contributed by atoms with E-state index in [2.05, 4.69) is 24.1 Å². The van der Waals surface area contributed by atoms with Crippen molar-refractivity contribution >= 4 is 0 Å². The molecule has 3 unspecified atom stereocenters. The molecule has 2 saturated heterocycles. The molecule has 0 aromatic carbocycles. The van der Waals surface area contributed by atoms with E-state index in [0.29, 0.717) is 6.04 Å². The van der Waals surface area contributed by atoms with Crippen molar-refractivity contribution in [3.8, 4) is 0 Å². The third-order valence-electron chi connectivity index (χ3n) is 4.84. The van der Waals surface area contributed by atoms with E-state index in [-0.39, 0.29) is 5.60 Å². The average Bonchev–Trinajstić information content (AvgIpc) is 2.40. The molecule has 2 fully saturated rings. The predicted octanol–water partition coefficient (Wildman–Crippen LogP) is 2.41. The second-order valence-corrected chi connectivity index (χ2v) is 6.46. The summed E-state index contributed by atoms with van der Waals surface area (Å²) in [6.45, 7) is 8.19. The maximum Gasteiger partial charge on any atom is 0.0777 e. The third kappa shape index (κ3) is 3.69. The average molecular weight is 254 g/mol. The first-order valence-electron chi connectivity index (χ1n) is 7.65. The van der Waals surface area contributed by atoms with Crippen LogP contribution in [0.1, 0.15) is 52.4 Å². The second-order valence-electron chi connectivity index (χ2n) is 6.46. The topological polar surface area (TPSA) is 24.5 Å². The zero-order valence-electron chi connectivity index (χ0n) is 12.4. The van der Waals surface area contributed by atoms with Crippen molar-refractivity contribution in [2.45, 2.75) is 70.1 Å². The third-order valence-corrected chi connectivity index (χ3v) is 4.84. The van der Waals surface area contributed by atoms with Crippen LogP contribution in [-0.2, 0) is 4.74 Å². The summed E-state index contributed by atoms with van der Waals surface area (Å²) >= 11 is 0. The van der Waals surface area contributed by atoms with Gasteiger partial charge < -0.3 is 10.1 Å². The van der Waals surface area contributed by atoms with E-state index in [4.69, 9.17) is 4.74 Å². The Morgan fingerprint density at radius 1 is 1.39 bits per heavy atom. The molecule has 0 spiro atoms.